The second kappa shape index (κ2) is 11.9. The number of benzene rings is 1. The largest absolute Gasteiger partial charge is 0.348 e. The van der Waals surface area contributed by atoms with Crippen molar-refractivity contribution in [1.29, 1.82) is 0 Å². The van der Waals surface area contributed by atoms with Crippen LogP contribution >= 0.6 is 34.7 Å². The molecule has 0 atom stereocenters. The molecule has 4 rings (SSSR count). The summed E-state index contributed by atoms with van der Waals surface area (Å²) in [5.41, 5.74) is 2.04. The topological polar surface area (TPSA) is 51.0 Å². The van der Waals surface area contributed by atoms with Gasteiger partial charge in [0.05, 0.1) is 16.6 Å². The fraction of sp³-hybridized carbons (Fsp3) is 0.519. The van der Waals surface area contributed by atoms with Gasteiger partial charge in [-0.3, -0.25) is 4.79 Å². The van der Waals surface area contributed by atoms with E-state index in [1.165, 1.54) is 65.1 Å². The summed E-state index contributed by atoms with van der Waals surface area (Å²) in [6, 6.07) is 8.58. The Bertz CT molecular complexity index is 1120. The number of hydrogen-bond acceptors (Lipinski definition) is 6. The number of aromatic nitrogens is 3. The SMILES string of the molecule is CC(C)(C)c1ccc(CSc2cnn(C(C)(C)C)c(=O)c2Cl)cc1.c1csc(N2CCCCC2)n1. The number of rotatable bonds is 4. The molecular formula is C27H37ClN4OS2. The zero-order valence-corrected chi connectivity index (χ0v) is 24.1. The molecule has 8 heteroatoms. The Balaban J connectivity index is 0.000000256. The monoisotopic (exact) mass is 532 g/mol. The number of piperidine rings is 1. The normalized spacial score (nSPS) is 14.4. The average molecular weight is 533 g/mol. The summed E-state index contributed by atoms with van der Waals surface area (Å²) in [6.45, 7) is 14.8. The molecule has 35 heavy (non-hydrogen) atoms. The molecule has 1 fully saturated rings. The lowest BCUT2D eigenvalue weighted by Gasteiger charge is -2.25. The van der Waals surface area contributed by atoms with E-state index < -0.39 is 0 Å². The van der Waals surface area contributed by atoms with Gasteiger partial charge in [-0.1, -0.05) is 56.6 Å². The predicted octanol–water partition coefficient (Wildman–Crippen LogP) is 7.37. The minimum atomic E-state index is -0.382. The van der Waals surface area contributed by atoms with Crippen molar-refractivity contribution in [2.45, 2.75) is 82.4 Å². The fourth-order valence-corrected chi connectivity index (χ4v) is 5.56. The van der Waals surface area contributed by atoms with E-state index in [1.54, 1.807) is 17.5 Å². The first-order valence-corrected chi connectivity index (χ1v) is 14.4. The van der Waals surface area contributed by atoms with Crippen LogP contribution in [0.3, 0.4) is 0 Å². The summed E-state index contributed by atoms with van der Waals surface area (Å²) in [5.74, 6) is 0.755. The van der Waals surface area contributed by atoms with Crippen molar-refractivity contribution in [3.05, 3.63) is 68.5 Å². The van der Waals surface area contributed by atoms with E-state index in [0.717, 1.165) is 10.6 Å². The van der Waals surface area contributed by atoms with Crippen molar-refractivity contribution in [1.82, 2.24) is 14.8 Å². The van der Waals surface area contributed by atoms with Crippen LogP contribution in [0.15, 0.2) is 51.7 Å². The number of nitrogens with zero attached hydrogens (tertiary/aromatic N) is 4. The van der Waals surface area contributed by atoms with Gasteiger partial charge in [0, 0.05) is 30.4 Å². The molecule has 0 unspecified atom stereocenters. The third kappa shape index (κ3) is 7.83. The summed E-state index contributed by atoms with van der Waals surface area (Å²) in [5, 5.41) is 7.76. The van der Waals surface area contributed by atoms with E-state index in [1.807, 2.05) is 32.3 Å². The van der Waals surface area contributed by atoms with E-state index >= 15 is 0 Å². The van der Waals surface area contributed by atoms with Crippen LogP contribution in [0.5, 0.6) is 0 Å². The standard InChI is InChI=1S/C19H25ClN2OS.C8H12N2S/c1-18(2,3)14-9-7-13(8-10-14)12-24-15-11-21-22(19(4,5)6)17(23)16(15)20;1-2-5-10(6-3-1)8-9-4-7-11-8/h7-11H,12H2,1-6H3;4,7H,1-3,5-6H2. The van der Waals surface area contributed by atoms with Crippen molar-refractivity contribution >= 4 is 39.8 Å². The predicted molar refractivity (Wildman–Crippen MR) is 151 cm³/mol. The van der Waals surface area contributed by atoms with Gasteiger partial charge in [-0.05, 0) is 56.6 Å². The van der Waals surface area contributed by atoms with E-state index in [2.05, 4.69) is 60.0 Å². The lowest BCUT2D eigenvalue weighted by molar-refractivity contribution is 0.336. The highest BCUT2D eigenvalue weighted by atomic mass is 35.5. The van der Waals surface area contributed by atoms with Crippen LogP contribution < -0.4 is 10.5 Å². The van der Waals surface area contributed by atoms with Crippen molar-refractivity contribution in [2.75, 3.05) is 18.0 Å². The lowest BCUT2D eigenvalue weighted by atomic mass is 9.87. The summed E-state index contributed by atoms with van der Waals surface area (Å²) in [4.78, 5) is 19.7. The number of halogens is 1. The average Bonchev–Trinajstić information content (AvgIpc) is 3.35. The number of thiazole rings is 1. The maximum absolute atomic E-state index is 12.4. The van der Waals surface area contributed by atoms with Crippen LogP contribution in [0.1, 0.15) is 71.9 Å². The fourth-order valence-electron chi connectivity index (χ4n) is 3.72. The van der Waals surface area contributed by atoms with Gasteiger partial charge in [0.15, 0.2) is 5.13 Å². The molecule has 0 aliphatic carbocycles. The molecule has 0 spiro atoms. The van der Waals surface area contributed by atoms with E-state index in [4.69, 9.17) is 11.6 Å². The van der Waals surface area contributed by atoms with Gasteiger partial charge >= 0.3 is 0 Å². The number of thioether (sulfide) groups is 1. The molecule has 0 amide bonds. The maximum Gasteiger partial charge on any atom is 0.287 e. The van der Waals surface area contributed by atoms with Crippen LogP contribution in [0.25, 0.3) is 0 Å². The molecule has 2 aromatic heterocycles. The summed E-state index contributed by atoms with van der Waals surface area (Å²) >= 11 is 9.55. The van der Waals surface area contributed by atoms with Gasteiger partial charge in [-0.2, -0.15) is 5.10 Å². The zero-order valence-electron chi connectivity index (χ0n) is 21.7. The molecule has 0 bridgehead atoms. The summed E-state index contributed by atoms with van der Waals surface area (Å²) in [6.07, 6.45) is 7.62. The van der Waals surface area contributed by atoms with Crippen LogP contribution in [0.4, 0.5) is 5.13 Å². The molecule has 1 aliphatic rings. The molecule has 5 nitrogen and oxygen atoms in total. The van der Waals surface area contributed by atoms with Crippen molar-refractivity contribution in [3.63, 3.8) is 0 Å². The zero-order chi connectivity index (χ0) is 25.6. The van der Waals surface area contributed by atoms with Gasteiger partial charge < -0.3 is 4.90 Å². The third-order valence-electron chi connectivity index (χ3n) is 5.78. The van der Waals surface area contributed by atoms with Crippen molar-refractivity contribution < 1.29 is 0 Å². The Kier molecular flexibility index (Phi) is 9.47. The van der Waals surface area contributed by atoms with Crippen molar-refractivity contribution in [3.8, 4) is 0 Å². The smallest absolute Gasteiger partial charge is 0.287 e. The Labute approximate surface area is 222 Å². The third-order valence-corrected chi connectivity index (χ3v) is 8.19. The maximum atomic E-state index is 12.4. The molecule has 0 radical (unpaired) electrons. The molecule has 1 aromatic carbocycles. The minimum Gasteiger partial charge on any atom is -0.348 e. The van der Waals surface area contributed by atoms with Gasteiger partial charge in [-0.15, -0.1) is 23.1 Å². The number of hydrogen-bond donors (Lipinski definition) is 0. The Hall–Kier alpha value is -1.83. The van der Waals surface area contributed by atoms with Gasteiger partial charge in [0.25, 0.3) is 5.56 Å². The summed E-state index contributed by atoms with van der Waals surface area (Å²) < 4.78 is 1.43. The first-order valence-electron chi connectivity index (χ1n) is 12.1. The molecular weight excluding hydrogens is 496 g/mol. The number of anilines is 1. The second-order valence-corrected chi connectivity index (χ2v) is 13.1. The van der Waals surface area contributed by atoms with Crippen LogP contribution in [0.2, 0.25) is 5.02 Å². The quantitative estimate of drug-likeness (QED) is 0.328. The molecule has 0 N–H and O–H groups in total. The highest BCUT2D eigenvalue weighted by Gasteiger charge is 2.19. The van der Waals surface area contributed by atoms with E-state index in [0.29, 0.717) is 0 Å². The highest BCUT2D eigenvalue weighted by molar-refractivity contribution is 7.98. The molecule has 3 aromatic rings. The first-order chi connectivity index (χ1) is 16.5. The minimum absolute atomic E-state index is 0.149. The van der Waals surface area contributed by atoms with Gasteiger partial charge in [0.2, 0.25) is 0 Å². The Morgan fingerprint density at radius 3 is 2.23 bits per heavy atom. The van der Waals surface area contributed by atoms with Gasteiger partial charge in [-0.25, -0.2) is 9.67 Å². The summed E-state index contributed by atoms with van der Waals surface area (Å²) in [7, 11) is 0. The van der Waals surface area contributed by atoms with Crippen LogP contribution in [-0.4, -0.2) is 27.9 Å². The van der Waals surface area contributed by atoms with E-state index in [-0.39, 0.29) is 21.5 Å². The first kappa shape index (κ1) is 27.8. The Morgan fingerprint density at radius 1 is 1.03 bits per heavy atom. The van der Waals surface area contributed by atoms with Crippen LogP contribution in [-0.2, 0) is 16.7 Å². The second-order valence-electron chi connectivity index (χ2n) is 10.8. The Morgan fingerprint density at radius 2 is 1.69 bits per heavy atom. The molecule has 0 saturated carbocycles. The lowest BCUT2D eigenvalue weighted by Crippen LogP contribution is -2.36. The van der Waals surface area contributed by atoms with Gasteiger partial charge in [0.1, 0.15) is 5.02 Å². The highest BCUT2D eigenvalue weighted by Crippen LogP contribution is 2.29. The molecule has 1 aliphatic heterocycles. The molecule has 1 saturated heterocycles. The van der Waals surface area contributed by atoms with Crippen LogP contribution in [0, 0.1) is 0 Å². The van der Waals surface area contributed by atoms with Crippen molar-refractivity contribution in [2.24, 2.45) is 0 Å². The molecule has 190 valence electrons. The van der Waals surface area contributed by atoms with E-state index in [9.17, 15) is 4.79 Å². The molecule has 3 heterocycles.